The quantitative estimate of drug-likeness (QED) is 0.389. The zero-order chi connectivity index (χ0) is 8.77. The van der Waals surface area contributed by atoms with Crippen LogP contribution in [0, 0.1) is 11.4 Å². The van der Waals surface area contributed by atoms with Gasteiger partial charge in [0.05, 0.1) is 5.54 Å². The van der Waals surface area contributed by atoms with E-state index in [-0.39, 0.29) is 5.54 Å². The summed E-state index contributed by atoms with van der Waals surface area (Å²) in [4.78, 5) is 0. The maximum atomic E-state index is 6.98. The van der Waals surface area contributed by atoms with Gasteiger partial charge in [-0.3, -0.25) is 5.01 Å². The summed E-state index contributed by atoms with van der Waals surface area (Å²) < 4.78 is 0. The second-order valence-electron chi connectivity index (χ2n) is 4.02. The average Bonchev–Trinajstić information content (AvgIpc) is 2.93. The molecule has 0 spiro atoms. The lowest BCUT2D eigenvalue weighted by molar-refractivity contribution is 0.237. The predicted molar refractivity (Wildman–Crippen MR) is 46.7 cm³/mol. The van der Waals surface area contributed by atoms with Gasteiger partial charge in [-0.15, -0.1) is 0 Å². The molecule has 1 N–H and O–H groups in total. The fourth-order valence-corrected chi connectivity index (χ4v) is 1.84. The number of hydrogen-bond donors (Lipinski definition) is 1. The Hall–Kier alpha value is -0.860. The molecule has 0 aromatic rings. The summed E-state index contributed by atoms with van der Waals surface area (Å²) in [5.74, 6) is 0.671. The van der Waals surface area contributed by atoms with Crippen LogP contribution in [0.15, 0.2) is 16.9 Å². The summed E-state index contributed by atoms with van der Waals surface area (Å²) in [7, 11) is 1.90. The smallest absolute Gasteiger partial charge is 0.0804 e. The summed E-state index contributed by atoms with van der Waals surface area (Å²) in [6.45, 7) is 2.22. The summed E-state index contributed by atoms with van der Waals surface area (Å²) in [6.07, 6.45) is 6.02. The average molecular weight is 165 g/mol. The van der Waals surface area contributed by atoms with Gasteiger partial charge in [0.1, 0.15) is 0 Å². The Morgan fingerprint density at radius 2 is 2.25 bits per heavy atom. The molecule has 2 atom stereocenters. The summed E-state index contributed by atoms with van der Waals surface area (Å²) in [5, 5.41) is 5.29. The minimum Gasteiger partial charge on any atom is -0.272 e. The van der Waals surface area contributed by atoms with Crippen LogP contribution >= 0.6 is 0 Å². The molecule has 2 saturated carbocycles. The molecule has 3 nitrogen and oxygen atoms in total. The second kappa shape index (κ2) is 2.31. The Balaban J connectivity index is 2.14. The van der Waals surface area contributed by atoms with E-state index in [0.29, 0.717) is 5.92 Å². The molecule has 0 aliphatic heterocycles. The normalized spacial score (nSPS) is 37.5. The Kier molecular flexibility index (Phi) is 1.50. The minimum atomic E-state index is 0.119. The molecule has 3 heteroatoms. The van der Waals surface area contributed by atoms with Crippen LogP contribution in [0.3, 0.4) is 0 Å². The highest BCUT2D eigenvalue weighted by Crippen LogP contribution is 2.51. The topological polar surface area (TPSA) is 39.5 Å². The first-order valence-corrected chi connectivity index (χ1v) is 4.51. The molecular weight excluding hydrogens is 150 g/mol. The molecular formula is C9H15N3. The molecule has 66 valence electrons. The molecule has 0 saturated heterocycles. The van der Waals surface area contributed by atoms with Crippen LogP contribution in [0.1, 0.15) is 26.2 Å². The van der Waals surface area contributed by atoms with Crippen molar-refractivity contribution in [3.63, 3.8) is 0 Å². The third-order valence-electron chi connectivity index (χ3n) is 3.07. The first-order valence-electron chi connectivity index (χ1n) is 4.51. The first-order chi connectivity index (χ1) is 5.69. The van der Waals surface area contributed by atoms with Gasteiger partial charge in [-0.1, -0.05) is 23.8 Å². The van der Waals surface area contributed by atoms with Crippen molar-refractivity contribution in [3.8, 4) is 0 Å². The van der Waals surface area contributed by atoms with Gasteiger partial charge in [0.15, 0.2) is 0 Å². The summed E-state index contributed by atoms with van der Waals surface area (Å²) in [6, 6.07) is 0. The fraction of sp³-hybridized carbons (Fsp3) is 0.778. The molecule has 0 radical (unpaired) electrons. The molecule has 2 fully saturated rings. The van der Waals surface area contributed by atoms with Crippen LogP contribution in [0.5, 0.6) is 0 Å². The molecule has 2 rings (SSSR count). The third-order valence-corrected chi connectivity index (χ3v) is 3.07. The molecule has 2 aliphatic rings. The van der Waals surface area contributed by atoms with Gasteiger partial charge in [0, 0.05) is 7.05 Å². The predicted octanol–water partition coefficient (Wildman–Crippen LogP) is 2.36. The van der Waals surface area contributed by atoms with Crippen molar-refractivity contribution in [2.24, 2.45) is 11.1 Å². The molecule has 0 aromatic heterocycles. The van der Waals surface area contributed by atoms with Gasteiger partial charge in [0.25, 0.3) is 0 Å². The van der Waals surface area contributed by atoms with Crippen LogP contribution in [-0.4, -0.2) is 17.6 Å². The monoisotopic (exact) mass is 165 g/mol. The van der Waals surface area contributed by atoms with Crippen LogP contribution < -0.4 is 0 Å². The standard InChI is InChI=1S/C9H15N3/c1-7-5-9(7,12(2)11-10)6-8-3-4-8/h6-7,10H,3-5H2,1-2H3/t7?,9-/m0/s1. The third kappa shape index (κ3) is 1.04. The van der Waals surface area contributed by atoms with Crippen molar-refractivity contribution in [3.05, 3.63) is 11.6 Å². The van der Waals surface area contributed by atoms with Gasteiger partial charge in [0.2, 0.25) is 0 Å². The van der Waals surface area contributed by atoms with E-state index in [1.807, 2.05) is 7.05 Å². The van der Waals surface area contributed by atoms with E-state index in [0.717, 1.165) is 6.42 Å². The Bertz CT molecular complexity index is 240. The molecule has 12 heavy (non-hydrogen) atoms. The number of allylic oxidation sites excluding steroid dienone is 1. The van der Waals surface area contributed by atoms with Crippen LogP contribution in [0.4, 0.5) is 0 Å². The van der Waals surface area contributed by atoms with E-state index in [2.05, 4.69) is 18.2 Å². The molecule has 2 aliphatic carbocycles. The molecule has 0 heterocycles. The number of hydrogen-bond acceptors (Lipinski definition) is 2. The van der Waals surface area contributed by atoms with Gasteiger partial charge >= 0.3 is 0 Å². The zero-order valence-electron chi connectivity index (χ0n) is 7.67. The Morgan fingerprint density at radius 1 is 1.67 bits per heavy atom. The van der Waals surface area contributed by atoms with E-state index in [4.69, 9.17) is 5.53 Å². The highest BCUT2D eigenvalue weighted by Gasteiger charge is 2.53. The minimum absolute atomic E-state index is 0.119. The van der Waals surface area contributed by atoms with Crippen molar-refractivity contribution in [2.45, 2.75) is 31.7 Å². The molecule has 1 unspecified atom stereocenters. The molecule has 0 bridgehead atoms. The Morgan fingerprint density at radius 3 is 2.58 bits per heavy atom. The summed E-state index contributed by atoms with van der Waals surface area (Å²) in [5.41, 5.74) is 8.65. The zero-order valence-corrected chi connectivity index (χ0v) is 7.67. The SMILES string of the molecule is CC1C[C@@]1(C=C1CC1)N(C)N=N. The highest BCUT2D eigenvalue weighted by molar-refractivity contribution is 5.30. The van der Waals surface area contributed by atoms with Gasteiger partial charge in [-0.25, -0.2) is 0 Å². The second-order valence-corrected chi connectivity index (χ2v) is 4.02. The van der Waals surface area contributed by atoms with E-state index in [1.54, 1.807) is 10.6 Å². The van der Waals surface area contributed by atoms with E-state index >= 15 is 0 Å². The van der Waals surface area contributed by atoms with Crippen molar-refractivity contribution in [2.75, 3.05) is 7.05 Å². The maximum Gasteiger partial charge on any atom is 0.0804 e. The van der Waals surface area contributed by atoms with Crippen molar-refractivity contribution in [1.82, 2.24) is 5.01 Å². The number of rotatable bonds is 3. The highest BCUT2D eigenvalue weighted by atomic mass is 15.5. The van der Waals surface area contributed by atoms with Crippen LogP contribution in [0.2, 0.25) is 0 Å². The Labute approximate surface area is 72.9 Å². The lowest BCUT2D eigenvalue weighted by Gasteiger charge is -2.21. The number of likely N-dealkylation sites (N-methyl/N-ethyl adjacent to an activating group) is 1. The van der Waals surface area contributed by atoms with E-state index in [1.165, 1.54) is 12.8 Å². The largest absolute Gasteiger partial charge is 0.272 e. The summed E-state index contributed by atoms with van der Waals surface area (Å²) >= 11 is 0. The van der Waals surface area contributed by atoms with Crippen LogP contribution in [0.25, 0.3) is 0 Å². The maximum absolute atomic E-state index is 6.98. The first kappa shape index (κ1) is 7.77. The van der Waals surface area contributed by atoms with Crippen molar-refractivity contribution < 1.29 is 0 Å². The van der Waals surface area contributed by atoms with E-state index in [9.17, 15) is 0 Å². The van der Waals surface area contributed by atoms with Crippen molar-refractivity contribution in [1.29, 1.82) is 5.53 Å². The van der Waals surface area contributed by atoms with Crippen LogP contribution in [-0.2, 0) is 0 Å². The van der Waals surface area contributed by atoms with E-state index < -0.39 is 0 Å². The van der Waals surface area contributed by atoms with Gasteiger partial charge in [-0.05, 0) is 25.2 Å². The van der Waals surface area contributed by atoms with Gasteiger partial charge < -0.3 is 0 Å². The number of nitrogens with one attached hydrogen (secondary N) is 1. The molecule has 0 amide bonds. The molecule has 0 aromatic carbocycles. The van der Waals surface area contributed by atoms with Crippen molar-refractivity contribution >= 4 is 0 Å². The lowest BCUT2D eigenvalue weighted by atomic mass is 10.2. The number of nitrogens with zero attached hydrogens (tertiary/aromatic N) is 2. The van der Waals surface area contributed by atoms with Gasteiger partial charge in [-0.2, -0.15) is 5.53 Å². The lowest BCUT2D eigenvalue weighted by Crippen LogP contribution is -2.28. The fourth-order valence-electron chi connectivity index (χ4n) is 1.84.